The van der Waals surface area contributed by atoms with Crippen molar-refractivity contribution in [3.05, 3.63) is 96.1 Å². The van der Waals surface area contributed by atoms with Crippen LogP contribution in [0.15, 0.2) is 89.9 Å². The predicted octanol–water partition coefficient (Wildman–Crippen LogP) is 4.42. The van der Waals surface area contributed by atoms with Crippen molar-refractivity contribution in [2.75, 3.05) is 25.0 Å². The third-order valence-electron chi connectivity index (χ3n) is 4.59. The van der Waals surface area contributed by atoms with E-state index in [-0.39, 0.29) is 6.10 Å². The summed E-state index contributed by atoms with van der Waals surface area (Å²) in [5.41, 5.74) is 4.50. The van der Waals surface area contributed by atoms with Crippen LogP contribution in [0.25, 0.3) is 0 Å². The van der Waals surface area contributed by atoms with Crippen LogP contribution >= 0.6 is 0 Å². The van der Waals surface area contributed by atoms with E-state index in [0.29, 0.717) is 6.54 Å². The molecular weight excluding hydrogens is 320 g/mol. The van der Waals surface area contributed by atoms with Gasteiger partial charge in [-0.1, -0.05) is 66.7 Å². The summed E-state index contributed by atoms with van der Waals surface area (Å²) in [4.78, 5) is 7.24. The number of para-hydroxylation sites is 2. The molecule has 0 radical (unpaired) electrons. The standard InChI is InChI=1S/C23H22N2O/c1-25-17-20(26-19-12-6-3-7-13-19)16-24-23(18-10-4-2-5-11-18)21-14-8-9-15-22(21)25/h2-15,20H,16-17H2,1H3. The molecule has 0 bridgehead atoms. The summed E-state index contributed by atoms with van der Waals surface area (Å²) in [6, 6.07) is 28.8. The lowest BCUT2D eigenvalue weighted by molar-refractivity contribution is 0.216. The zero-order valence-electron chi connectivity index (χ0n) is 14.9. The number of ether oxygens (including phenoxy) is 1. The van der Waals surface area contributed by atoms with E-state index in [1.165, 1.54) is 11.3 Å². The second-order valence-electron chi connectivity index (χ2n) is 6.51. The second kappa shape index (κ2) is 7.44. The van der Waals surface area contributed by atoms with Gasteiger partial charge in [0.2, 0.25) is 0 Å². The molecule has 130 valence electrons. The summed E-state index contributed by atoms with van der Waals surface area (Å²) >= 11 is 0. The van der Waals surface area contributed by atoms with Crippen LogP contribution in [0.1, 0.15) is 11.1 Å². The van der Waals surface area contributed by atoms with Gasteiger partial charge in [0, 0.05) is 23.9 Å². The highest BCUT2D eigenvalue weighted by Gasteiger charge is 2.21. The number of anilines is 1. The highest BCUT2D eigenvalue weighted by molar-refractivity contribution is 6.16. The molecule has 3 nitrogen and oxygen atoms in total. The molecule has 26 heavy (non-hydrogen) atoms. The van der Waals surface area contributed by atoms with Gasteiger partial charge in [-0.05, 0) is 18.2 Å². The van der Waals surface area contributed by atoms with E-state index in [1.54, 1.807) is 0 Å². The Morgan fingerprint density at radius 2 is 1.50 bits per heavy atom. The Morgan fingerprint density at radius 3 is 2.27 bits per heavy atom. The first-order chi connectivity index (χ1) is 12.8. The first-order valence-electron chi connectivity index (χ1n) is 8.93. The lowest BCUT2D eigenvalue weighted by atomic mass is 9.99. The minimum atomic E-state index is -0.00512. The van der Waals surface area contributed by atoms with Crippen LogP contribution in [0.3, 0.4) is 0 Å². The van der Waals surface area contributed by atoms with E-state index < -0.39 is 0 Å². The van der Waals surface area contributed by atoms with E-state index in [1.807, 2.05) is 36.4 Å². The Labute approximate surface area is 154 Å². The molecule has 1 atom stereocenters. The van der Waals surface area contributed by atoms with Crippen LogP contribution in [0.4, 0.5) is 5.69 Å². The molecule has 0 spiro atoms. The van der Waals surface area contributed by atoms with Crippen LogP contribution in [0.2, 0.25) is 0 Å². The smallest absolute Gasteiger partial charge is 0.135 e. The minimum Gasteiger partial charge on any atom is -0.487 e. The summed E-state index contributed by atoms with van der Waals surface area (Å²) in [5, 5.41) is 0. The van der Waals surface area contributed by atoms with Crippen molar-refractivity contribution in [1.29, 1.82) is 0 Å². The van der Waals surface area contributed by atoms with Gasteiger partial charge in [-0.3, -0.25) is 4.99 Å². The maximum Gasteiger partial charge on any atom is 0.135 e. The fourth-order valence-corrected chi connectivity index (χ4v) is 3.36. The minimum absolute atomic E-state index is 0.00512. The average Bonchev–Trinajstić information content (AvgIpc) is 2.69. The highest BCUT2D eigenvalue weighted by Crippen LogP contribution is 2.26. The SMILES string of the molecule is CN1CC(Oc2ccccc2)CN=C(c2ccccc2)c2ccccc21. The fraction of sp³-hybridized carbons (Fsp3) is 0.174. The molecule has 0 amide bonds. The first kappa shape index (κ1) is 16.4. The molecule has 3 heteroatoms. The lowest BCUT2D eigenvalue weighted by Crippen LogP contribution is -2.37. The Hall–Kier alpha value is -3.07. The van der Waals surface area contributed by atoms with Crippen molar-refractivity contribution < 1.29 is 4.74 Å². The topological polar surface area (TPSA) is 24.8 Å². The van der Waals surface area contributed by atoms with Gasteiger partial charge in [-0.25, -0.2) is 0 Å². The molecule has 1 aliphatic rings. The van der Waals surface area contributed by atoms with Gasteiger partial charge < -0.3 is 9.64 Å². The summed E-state index contributed by atoms with van der Waals surface area (Å²) < 4.78 is 6.21. The number of nitrogens with zero attached hydrogens (tertiary/aromatic N) is 2. The monoisotopic (exact) mass is 342 g/mol. The van der Waals surface area contributed by atoms with E-state index in [2.05, 4.69) is 60.5 Å². The zero-order chi connectivity index (χ0) is 17.8. The maximum atomic E-state index is 6.21. The number of likely N-dealkylation sites (N-methyl/N-ethyl adjacent to an activating group) is 1. The van der Waals surface area contributed by atoms with Crippen molar-refractivity contribution >= 4 is 11.4 Å². The van der Waals surface area contributed by atoms with Crippen LogP contribution in [-0.2, 0) is 0 Å². The Kier molecular flexibility index (Phi) is 4.69. The molecule has 1 aliphatic heterocycles. The lowest BCUT2D eigenvalue weighted by Gasteiger charge is -2.30. The van der Waals surface area contributed by atoms with Crippen molar-refractivity contribution in [1.82, 2.24) is 0 Å². The molecule has 0 saturated heterocycles. The molecule has 3 aromatic carbocycles. The number of rotatable bonds is 3. The van der Waals surface area contributed by atoms with Crippen molar-refractivity contribution in [3.8, 4) is 5.75 Å². The zero-order valence-corrected chi connectivity index (χ0v) is 14.9. The van der Waals surface area contributed by atoms with Crippen LogP contribution in [0, 0.1) is 0 Å². The maximum absolute atomic E-state index is 6.21. The Bertz CT molecular complexity index is 890. The van der Waals surface area contributed by atoms with E-state index >= 15 is 0 Å². The highest BCUT2D eigenvalue weighted by atomic mass is 16.5. The van der Waals surface area contributed by atoms with Gasteiger partial charge >= 0.3 is 0 Å². The summed E-state index contributed by atoms with van der Waals surface area (Å²) in [7, 11) is 2.12. The van der Waals surface area contributed by atoms with Gasteiger partial charge in [0.25, 0.3) is 0 Å². The third-order valence-corrected chi connectivity index (χ3v) is 4.59. The fourth-order valence-electron chi connectivity index (χ4n) is 3.36. The molecule has 0 fully saturated rings. The normalized spacial score (nSPS) is 16.9. The van der Waals surface area contributed by atoms with E-state index in [4.69, 9.17) is 9.73 Å². The number of aliphatic imine (C=N–C) groups is 1. The molecule has 1 unspecified atom stereocenters. The Morgan fingerprint density at radius 1 is 0.846 bits per heavy atom. The van der Waals surface area contributed by atoms with Gasteiger partial charge in [-0.2, -0.15) is 0 Å². The first-order valence-corrected chi connectivity index (χ1v) is 8.93. The van der Waals surface area contributed by atoms with Crippen LogP contribution in [0.5, 0.6) is 5.75 Å². The molecule has 0 aliphatic carbocycles. The summed E-state index contributed by atoms with van der Waals surface area (Å²) in [6.45, 7) is 1.41. The van der Waals surface area contributed by atoms with E-state index in [0.717, 1.165) is 23.6 Å². The van der Waals surface area contributed by atoms with Crippen LogP contribution < -0.4 is 9.64 Å². The summed E-state index contributed by atoms with van der Waals surface area (Å²) in [5.74, 6) is 0.885. The largest absolute Gasteiger partial charge is 0.487 e. The molecule has 4 rings (SSSR count). The number of hydrogen-bond acceptors (Lipinski definition) is 3. The van der Waals surface area contributed by atoms with Crippen molar-refractivity contribution in [2.45, 2.75) is 6.10 Å². The van der Waals surface area contributed by atoms with Crippen LogP contribution in [-0.4, -0.2) is 32.0 Å². The molecular formula is C23H22N2O. The summed E-state index contributed by atoms with van der Waals surface area (Å²) in [6.07, 6.45) is -0.00512. The van der Waals surface area contributed by atoms with Crippen molar-refractivity contribution in [3.63, 3.8) is 0 Å². The average molecular weight is 342 g/mol. The second-order valence-corrected chi connectivity index (χ2v) is 6.51. The molecule has 0 aromatic heterocycles. The quantitative estimate of drug-likeness (QED) is 0.704. The van der Waals surface area contributed by atoms with Gasteiger partial charge in [0.05, 0.1) is 18.8 Å². The van der Waals surface area contributed by atoms with Gasteiger partial charge in [0.15, 0.2) is 0 Å². The number of fused-ring (bicyclic) bond motifs is 1. The Balaban J connectivity index is 1.72. The third kappa shape index (κ3) is 3.47. The van der Waals surface area contributed by atoms with Crippen molar-refractivity contribution in [2.24, 2.45) is 4.99 Å². The molecule has 3 aromatic rings. The number of benzene rings is 3. The van der Waals surface area contributed by atoms with Gasteiger partial charge in [0.1, 0.15) is 11.9 Å². The number of hydrogen-bond donors (Lipinski definition) is 0. The molecule has 0 N–H and O–H groups in total. The van der Waals surface area contributed by atoms with Gasteiger partial charge in [-0.15, -0.1) is 0 Å². The molecule has 1 heterocycles. The predicted molar refractivity (Wildman–Crippen MR) is 108 cm³/mol. The van der Waals surface area contributed by atoms with E-state index in [9.17, 15) is 0 Å². The molecule has 0 saturated carbocycles.